The molecule has 0 spiro atoms. The second kappa shape index (κ2) is 6.44. The molecule has 0 saturated carbocycles. The lowest BCUT2D eigenvalue weighted by atomic mass is 10.1. The minimum atomic E-state index is -0.0841. The molecule has 0 amide bonds. The predicted octanol–water partition coefficient (Wildman–Crippen LogP) is 3.38. The van der Waals surface area contributed by atoms with Crippen LogP contribution in [0.15, 0.2) is 23.8 Å². The molecule has 0 atom stereocenters. The average molecular weight is 208 g/mol. The van der Waals surface area contributed by atoms with E-state index >= 15 is 0 Å². The number of esters is 1. The zero-order valence-corrected chi connectivity index (χ0v) is 9.66. The Bertz CT molecular complexity index is 262. The van der Waals surface area contributed by atoms with Gasteiger partial charge in [-0.1, -0.05) is 23.8 Å². The van der Waals surface area contributed by atoms with Gasteiger partial charge < -0.3 is 4.74 Å². The van der Waals surface area contributed by atoms with Crippen molar-refractivity contribution in [1.82, 2.24) is 0 Å². The highest BCUT2D eigenvalue weighted by molar-refractivity contribution is 5.69. The van der Waals surface area contributed by atoms with E-state index in [1.165, 1.54) is 12.0 Å². The van der Waals surface area contributed by atoms with Gasteiger partial charge in [0.2, 0.25) is 0 Å². The lowest BCUT2D eigenvalue weighted by molar-refractivity contribution is -0.147. The molecule has 0 aromatic carbocycles. The Morgan fingerprint density at radius 3 is 3.07 bits per heavy atom. The first-order valence-corrected chi connectivity index (χ1v) is 5.72. The normalized spacial score (nSPS) is 16.1. The maximum absolute atomic E-state index is 11.3. The SMILES string of the molecule is CC(C)OC(=O)CCC1=CC=CCCC1. The largest absolute Gasteiger partial charge is 0.463 e. The number of carbonyl (C=O) groups excluding carboxylic acids is 1. The monoisotopic (exact) mass is 208 g/mol. The highest BCUT2D eigenvalue weighted by Crippen LogP contribution is 2.17. The molecule has 2 heteroatoms. The molecule has 84 valence electrons. The first kappa shape index (κ1) is 12.0. The highest BCUT2D eigenvalue weighted by Gasteiger charge is 2.07. The third-order valence-corrected chi connectivity index (χ3v) is 2.35. The molecule has 0 saturated heterocycles. The van der Waals surface area contributed by atoms with Crippen LogP contribution in [0.1, 0.15) is 46.0 Å². The molecule has 0 heterocycles. The van der Waals surface area contributed by atoms with Crippen LogP contribution in [0.5, 0.6) is 0 Å². The van der Waals surface area contributed by atoms with Gasteiger partial charge in [-0.2, -0.15) is 0 Å². The van der Waals surface area contributed by atoms with Crippen molar-refractivity contribution >= 4 is 5.97 Å². The fourth-order valence-electron chi connectivity index (χ4n) is 1.62. The van der Waals surface area contributed by atoms with Crippen LogP contribution >= 0.6 is 0 Å². The van der Waals surface area contributed by atoms with Gasteiger partial charge in [0.05, 0.1) is 6.10 Å². The minimum absolute atomic E-state index is 0.000471. The summed E-state index contributed by atoms with van der Waals surface area (Å²) in [5, 5.41) is 0. The standard InChI is InChI=1S/C13H20O2/c1-11(2)15-13(14)10-9-12-7-5-3-4-6-8-12/h3,5,7,11H,4,6,8-10H2,1-2H3. The van der Waals surface area contributed by atoms with Crippen LogP contribution < -0.4 is 0 Å². The summed E-state index contributed by atoms with van der Waals surface area (Å²) in [4.78, 5) is 11.3. The van der Waals surface area contributed by atoms with Gasteiger partial charge in [0, 0.05) is 6.42 Å². The summed E-state index contributed by atoms with van der Waals surface area (Å²) in [5.74, 6) is -0.0841. The Balaban J connectivity index is 2.27. The van der Waals surface area contributed by atoms with E-state index in [0.29, 0.717) is 6.42 Å². The van der Waals surface area contributed by atoms with Gasteiger partial charge in [-0.05, 0) is 39.5 Å². The number of allylic oxidation sites excluding steroid dienone is 4. The Morgan fingerprint density at radius 2 is 2.33 bits per heavy atom. The molecule has 0 bridgehead atoms. The summed E-state index contributed by atoms with van der Waals surface area (Å²) in [6.07, 6.45) is 11.2. The average Bonchev–Trinajstić information content (AvgIpc) is 2.41. The smallest absolute Gasteiger partial charge is 0.306 e. The number of ether oxygens (including phenoxy) is 1. The Kier molecular flexibility index (Phi) is 5.16. The molecular weight excluding hydrogens is 188 g/mol. The van der Waals surface area contributed by atoms with Gasteiger partial charge in [0.1, 0.15) is 0 Å². The number of carbonyl (C=O) groups is 1. The lowest BCUT2D eigenvalue weighted by Gasteiger charge is -2.08. The molecular formula is C13H20O2. The first-order valence-electron chi connectivity index (χ1n) is 5.72. The van der Waals surface area contributed by atoms with Gasteiger partial charge in [0.25, 0.3) is 0 Å². The van der Waals surface area contributed by atoms with Crippen LogP contribution in [0.25, 0.3) is 0 Å². The van der Waals surface area contributed by atoms with E-state index in [2.05, 4.69) is 18.2 Å². The van der Waals surface area contributed by atoms with Crippen molar-refractivity contribution < 1.29 is 9.53 Å². The zero-order chi connectivity index (χ0) is 11.1. The van der Waals surface area contributed by atoms with Crippen molar-refractivity contribution in [3.05, 3.63) is 23.8 Å². The Morgan fingerprint density at radius 1 is 1.53 bits per heavy atom. The maximum Gasteiger partial charge on any atom is 0.306 e. The number of hydrogen-bond acceptors (Lipinski definition) is 2. The first-order chi connectivity index (χ1) is 7.18. The Hall–Kier alpha value is -1.05. The van der Waals surface area contributed by atoms with Gasteiger partial charge in [-0.15, -0.1) is 0 Å². The molecule has 0 aromatic heterocycles. The molecule has 0 N–H and O–H groups in total. The van der Waals surface area contributed by atoms with E-state index in [-0.39, 0.29) is 12.1 Å². The third-order valence-electron chi connectivity index (χ3n) is 2.35. The maximum atomic E-state index is 11.3. The minimum Gasteiger partial charge on any atom is -0.463 e. The number of hydrogen-bond donors (Lipinski definition) is 0. The molecule has 1 rings (SSSR count). The summed E-state index contributed by atoms with van der Waals surface area (Å²) < 4.78 is 5.09. The van der Waals surface area contributed by atoms with Crippen molar-refractivity contribution in [2.45, 2.75) is 52.1 Å². The molecule has 0 radical (unpaired) electrons. The van der Waals surface area contributed by atoms with Gasteiger partial charge in [-0.25, -0.2) is 0 Å². The number of rotatable bonds is 4. The fourth-order valence-corrected chi connectivity index (χ4v) is 1.62. The van der Waals surface area contributed by atoms with E-state index in [0.717, 1.165) is 19.3 Å². The van der Waals surface area contributed by atoms with Gasteiger partial charge in [0.15, 0.2) is 0 Å². The predicted molar refractivity (Wildman–Crippen MR) is 61.5 cm³/mol. The van der Waals surface area contributed by atoms with Gasteiger partial charge >= 0.3 is 5.97 Å². The summed E-state index contributed by atoms with van der Waals surface area (Å²) in [6, 6.07) is 0. The summed E-state index contributed by atoms with van der Waals surface area (Å²) in [7, 11) is 0. The molecule has 1 aliphatic carbocycles. The molecule has 0 fully saturated rings. The molecule has 2 nitrogen and oxygen atoms in total. The van der Waals surface area contributed by atoms with Crippen molar-refractivity contribution in [2.24, 2.45) is 0 Å². The molecule has 0 aromatic rings. The van der Waals surface area contributed by atoms with Crippen LogP contribution in [0.4, 0.5) is 0 Å². The van der Waals surface area contributed by atoms with Crippen LogP contribution in [-0.2, 0) is 9.53 Å². The van der Waals surface area contributed by atoms with Crippen molar-refractivity contribution in [1.29, 1.82) is 0 Å². The van der Waals surface area contributed by atoms with Crippen LogP contribution in [0.3, 0.4) is 0 Å². The molecule has 1 aliphatic rings. The Labute approximate surface area is 92.0 Å². The van der Waals surface area contributed by atoms with E-state index in [1.807, 2.05) is 13.8 Å². The van der Waals surface area contributed by atoms with Crippen molar-refractivity contribution in [3.8, 4) is 0 Å². The van der Waals surface area contributed by atoms with Crippen molar-refractivity contribution in [2.75, 3.05) is 0 Å². The highest BCUT2D eigenvalue weighted by atomic mass is 16.5. The molecule has 15 heavy (non-hydrogen) atoms. The van der Waals surface area contributed by atoms with Gasteiger partial charge in [-0.3, -0.25) is 4.79 Å². The van der Waals surface area contributed by atoms with E-state index in [1.54, 1.807) is 0 Å². The topological polar surface area (TPSA) is 26.3 Å². The van der Waals surface area contributed by atoms with Crippen LogP contribution in [0, 0.1) is 0 Å². The molecule has 0 aliphatic heterocycles. The van der Waals surface area contributed by atoms with E-state index < -0.39 is 0 Å². The second-order valence-corrected chi connectivity index (χ2v) is 4.18. The fraction of sp³-hybridized carbons (Fsp3) is 0.615. The summed E-state index contributed by atoms with van der Waals surface area (Å²) >= 11 is 0. The van der Waals surface area contributed by atoms with Crippen LogP contribution in [-0.4, -0.2) is 12.1 Å². The summed E-state index contributed by atoms with van der Waals surface area (Å²) in [5.41, 5.74) is 1.37. The van der Waals surface area contributed by atoms with E-state index in [9.17, 15) is 4.79 Å². The van der Waals surface area contributed by atoms with Crippen LogP contribution in [0.2, 0.25) is 0 Å². The quantitative estimate of drug-likeness (QED) is 0.662. The zero-order valence-electron chi connectivity index (χ0n) is 9.66. The second-order valence-electron chi connectivity index (χ2n) is 4.18. The lowest BCUT2D eigenvalue weighted by Crippen LogP contribution is -2.11. The third kappa shape index (κ3) is 5.40. The van der Waals surface area contributed by atoms with Crippen molar-refractivity contribution in [3.63, 3.8) is 0 Å². The van der Waals surface area contributed by atoms with E-state index in [4.69, 9.17) is 4.74 Å². The summed E-state index contributed by atoms with van der Waals surface area (Å²) in [6.45, 7) is 3.76. The molecule has 0 unspecified atom stereocenters.